The topological polar surface area (TPSA) is 67.9 Å². The second kappa shape index (κ2) is 10.7. The number of halogens is 2. The van der Waals surface area contributed by atoms with E-state index in [9.17, 15) is 9.59 Å². The van der Waals surface area contributed by atoms with Crippen LogP contribution in [0.15, 0.2) is 36.4 Å². The Bertz CT molecular complexity index is 931. The molecular formula is C23H26Cl2N2O4. The summed E-state index contributed by atoms with van der Waals surface area (Å²) in [5, 5.41) is 3.69. The van der Waals surface area contributed by atoms with Gasteiger partial charge in [-0.2, -0.15) is 0 Å². The Morgan fingerprint density at radius 3 is 2.45 bits per heavy atom. The fourth-order valence-corrected chi connectivity index (χ4v) is 3.91. The summed E-state index contributed by atoms with van der Waals surface area (Å²) >= 11 is 12.6. The predicted molar refractivity (Wildman–Crippen MR) is 121 cm³/mol. The third-order valence-electron chi connectivity index (χ3n) is 5.14. The maximum atomic E-state index is 13.2. The van der Waals surface area contributed by atoms with Gasteiger partial charge in [0.15, 0.2) is 11.5 Å². The summed E-state index contributed by atoms with van der Waals surface area (Å²) < 4.78 is 11.2. The Morgan fingerprint density at radius 1 is 1.10 bits per heavy atom. The van der Waals surface area contributed by atoms with Gasteiger partial charge in [0.1, 0.15) is 19.3 Å². The van der Waals surface area contributed by atoms with E-state index in [1.54, 1.807) is 25.1 Å². The van der Waals surface area contributed by atoms with E-state index in [4.69, 9.17) is 32.7 Å². The molecule has 0 unspecified atom stereocenters. The molecule has 2 aromatic carbocycles. The van der Waals surface area contributed by atoms with Crippen molar-refractivity contribution in [3.8, 4) is 11.5 Å². The third kappa shape index (κ3) is 5.83. The van der Waals surface area contributed by atoms with Gasteiger partial charge < -0.3 is 19.7 Å². The van der Waals surface area contributed by atoms with Crippen LogP contribution in [0.4, 0.5) is 0 Å². The molecule has 0 fully saturated rings. The number of rotatable bonds is 8. The van der Waals surface area contributed by atoms with Crippen LogP contribution in [0, 0.1) is 0 Å². The van der Waals surface area contributed by atoms with Gasteiger partial charge >= 0.3 is 0 Å². The average molecular weight is 465 g/mol. The van der Waals surface area contributed by atoms with Crippen molar-refractivity contribution >= 4 is 35.0 Å². The van der Waals surface area contributed by atoms with Gasteiger partial charge in [0.05, 0.1) is 0 Å². The van der Waals surface area contributed by atoms with Crippen molar-refractivity contribution in [2.45, 2.75) is 39.3 Å². The summed E-state index contributed by atoms with van der Waals surface area (Å²) in [6, 6.07) is 10.2. The molecule has 31 heavy (non-hydrogen) atoms. The molecule has 8 heteroatoms. The van der Waals surface area contributed by atoms with E-state index in [-0.39, 0.29) is 24.8 Å². The second-order valence-corrected chi connectivity index (χ2v) is 8.08. The normalized spacial score (nSPS) is 13.4. The number of fused-ring (bicyclic) bond motifs is 1. The highest BCUT2D eigenvalue weighted by Crippen LogP contribution is 2.31. The van der Waals surface area contributed by atoms with Crippen LogP contribution in [0.3, 0.4) is 0 Å². The number of amides is 2. The molecule has 166 valence electrons. The fourth-order valence-electron chi connectivity index (χ4n) is 3.40. The zero-order chi connectivity index (χ0) is 22.4. The highest BCUT2D eigenvalue weighted by atomic mass is 35.5. The number of likely N-dealkylation sites (N-methyl/N-ethyl adjacent to an activating group) is 1. The summed E-state index contributed by atoms with van der Waals surface area (Å²) in [7, 11) is 0. The standard InChI is InChI=1S/C23H26Cl2N2O4/c1-3-26-23(29)15(2)27(14-17-18(24)5-4-6-19(17)25)22(28)10-8-16-7-9-20-21(13-16)31-12-11-30-20/h4-7,9,13,15H,3,8,10-12,14H2,1-2H3,(H,26,29)/t15-/m0/s1. The minimum Gasteiger partial charge on any atom is -0.486 e. The number of hydrogen-bond donors (Lipinski definition) is 1. The second-order valence-electron chi connectivity index (χ2n) is 7.27. The molecule has 1 aliphatic rings. The molecule has 2 amide bonds. The number of nitrogens with one attached hydrogen (secondary N) is 1. The molecule has 1 heterocycles. The van der Waals surface area contributed by atoms with E-state index in [0.29, 0.717) is 53.3 Å². The van der Waals surface area contributed by atoms with Gasteiger partial charge in [-0.25, -0.2) is 0 Å². The lowest BCUT2D eigenvalue weighted by molar-refractivity contribution is -0.140. The Labute approximate surface area is 192 Å². The van der Waals surface area contributed by atoms with Gasteiger partial charge in [-0.05, 0) is 50.1 Å². The van der Waals surface area contributed by atoms with Crippen molar-refractivity contribution in [1.82, 2.24) is 10.2 Å². The van der Waals surface area contributed by atoms with Gasteiger partial charge in [0, 0.05) is 35.1 Å². The quantitative estimate of drug-likeness (QED) is 0.633. The molecule has 1 aliphatic heterocycles. The number of hydrogen-bond acceptors (Lipinski definition) is 4. The fraction of sp³-hybridized carbons (Fsp3) is 0.391. The third-order valence-corrected chi connectivity index (χ3v) is 5.85. The number of ether oxygens (including phenoxy) is 2. The first-order valence-corrected chi connectivity index (χ1v) is 11.0. The lowest BCUT2D eigenvalue weighted by Crippen LogP contribution is -2.47. The molecule has 3 rings (SSSR count). The molecule has 1 N–H and O–H groups in total. The lowest BCUT2D eigenvalue weighted by Gasteiger charge is -2.29. The maximum absolute atomic E-state index is 13.2. The van der Waals surface area contributed by atoms with E-state index >= 15 is 0 Å². The SMILES string of the molecule is CCNC(=O)[C@H](C)N(Cc1c(Cl)cccc1Cl)C(=O)CCc1ccc2c(c1)OCCO2. The van der Waals surface area contributed by atoms with Gasteiger partial charge in [-0.15, -0.1) is 0 Å². The molecule has 0 aromatic heterocycles. The minimum atomic E-state index is -0.667. The van der Waals surface area contributed by atoms with Crippen LogP contribution in [0.2, 0.25) is 10.0 Å². The number of carbonyl (C=O) groups excluding carboxylic acids is 2. The highest BCUT2D eigenvalue weighted by Gasteiger charge is 2.27. The van der Waals surface area contributed by atoms with Gasteiger partial charge in [0.2, 0.25) is 11.8 Å². The number of carbonyl (C=O) groups is 2. The molecule has 0 radical (unpaired) electrons. The van der Waals surface area contributed by atoms with Gasteiger partial charge in [-0.1, -0.05) is 35.3 Å². The zero-order valence-corrected chi connectivity index (χ0v) is 19.1. The van der Waals surface area contributed by atoms with Crippen molar-refractivity contribution in [2.75, 3.05) is 19.8 Å². The largest absolute Gasteiger partial charge is 0.486 e. The van der Waals surface area contributed by atoms with Gasteiger partial charge in [-0.3, -0.25) is 9.59 Å². The van der Waals surface area contributed by atoms with E-state index < -0.39 is 6.04 Å². The monoisotopic (exact) mass is 464 g/mol. The van der Waals surface area contributed by atoms with E-state index in [1.165, 1.54) is 4.90 Å². The van der Waals surface area contributed by atoms with Crippen LogP contribution in [0.5, 0.6) is 11.5 Å². The van der Waals surface area contributed by atoms with Crippen LogP contribution in [0.25, 0.3) is 0 Å². The van der Waals surface area contributed by atoms with Crippen molar-refractivity contribution in [3.63, 3.8) is 0 Å². The minimum absolute atomic E-state index is 0.150. The number of aryl methyl sites for hydroxylation is 1. The first-order chi connectivity index (χ1) is 14.9. The molecule has 0 saturated carbocycles. The van der Waals surface area contributed by atoms with Crippen molar-refractivity contribution in [3.05, 3.63) is 57.6 Å². The molecule has 2 aromatic rings. The van der Waals surface area contributed by atoms with E-state index in [0.717, 1.165) is 5.56 Å². The first kappa shape index (κ1) is 23.2. The van der Waals surface area contributed by atoms with Crippen molar-refractivity contribution < 1.29 is 19.1 Å². The zero-order valence-electron chi connectivity index (χ0n) is 17.6. The maximum Gasteiger partial charge on any atom is 0.242 e. The Balaban J connectivity index is 1.76. The van der Waals surface area contributed by atoms with E-state index in [2.05, 4.69) is 5.32 Å². The average Bonchev–Trinajstić information content (AvgIpc) is 2.77. The van der Waals surface area contributed by atoms with Gasteiger partial charge in [0.25, 0.3) is 0 Å². The number of nitrogens with zero attached hydrogens (tertiary/aromatic N) is 1. The lowest BCUT2D eigenvalue weighted by atomic mass is 10.1. The summed E-state index contributed by atoms with van der Waals surface area (Å²) in [5.41, 5.74) is 1.58. The molecule has 0 spiro atoms. The van der Waals surface area contributed by atoms with Crippen molar-refractivity contribution in [2.24, 2.45) is 0 Å². The highest BCUT2D eigenvalue weighted by molar-refractivity contribution is 6.36. The first-order valence-electron chi connectivity index (χ1n) is 10.3. The van der Waals surface area contributed by atoms with Crippen LogP contribution in [-0.2, 0) is 22.6 Å². The molecular weight excluding hydrogens is 439 g/mol. The van der Waals surface area contributed by atoms with Crippen LogP contribution < -0.4 is 14.8 Å². The van der Waals surface area contributed by atoms with E-state index in [1.807, 2.05) is 25.1 Å². The molecule has 0 saturated heterocycles. The summed E-state index contributed by atoms with van der Waals surface area (Å²) in [6.45, 7) is 5.21. The Kier molecular flexibility index (Phi) is 8.04. The summed E-state index contributed by atoms with van der Waals surface area (Å²) in [5.74, 6) is 1.01. The molecule has 0 aliphatic carbocycles. The number of benzene rings is 2. The molecule has 6 nitrogen and oxygen atoms in total. The summed E-state index contributed by atoms with van der Waals surface area (Å²) in [6.07, 6.45) is 0.732. The van der Waals surface area contributed by atoms with Crippen LogP contribution in [0.1, 0.15) is 31.4 Å². The molecule has 1 atom stereocenters. The summed E-state index contributed by atoms with van der Waals surface area (Å²) in [4.78, 5) is 27.2. The Morgan fingerprint density at radius 2 is 1.77 bits per heavy atom. The Hall–Kier alpha value is -2.44. The predicted octanol–water partition coefficient (Wildman–Crippen LogP) is 4.25. The smallest absolute Gasteiger partial charge is 0.242 e. The van der Waals surface area contributed by atoms with Crippen molar-refractivity contribution in [1.29, 1.82) is 0 Å². The van der Waals surface area contributed by atoms with Crippen LogP contribution >= 0.6 is 23.2 Å². The van der Waals surface area contributed by atoms with Crippen LogP contribution in [-0.4, -0.2) is 42.5 Å². The molecule has 0 bridgehead atoms.